The molecule has 1 unspecified atom stereocenters. The molecule has 0 saturated carbocycles. The van der Waals surface area contributed by atoms with E-state index in [0.717, 1.165) is 12.2 Å². The summed E-state index contributed by atoms with van der Waals surface area (Å²) in [5.74, 6) is 0.860. The molecule has 0 spiro atoms. The Morgan fingerprint density at radius 3 is 2.04 bits per heavy atom. The predicted octanol–water partition coefficient (Wildman–Crippen LogP) is 0.707. The molecule has 12 nitrogen and oxygen atoms in total. The Morgan fingerprint density at radius 1 is 1.11 bits per heavy atom. The van der Waals surface area contributed by atoms with Crippen LogP contribution in [0.5, 0.6) is 0 Å². The molecular weight excluding hydrogens is 436 g/mol. The molecule has 0 bridgehead atoms. The second-order valence-corrected chi connectivity index (χ2v) is 11.6. The van der Waals surface area contributed by atoms with Gasteiger partial charge in [0, 0.05) is 52.7 Å². The maximum Gasteiger partial charge on any atom is 0.500 e. The number of aromatic nitrogens is 2. The van der Waals surface area contributed by atoms with Crippen molar-refractivity contribution in [2.75, 3.05) is 21.3 Å². The molecule has 0 fully saturated rings. The fourth-order valence-electron chi connectivity index (χ4n) is 2.26. The number of rotatable bonds is 11. The van der Waals surface area contributed by atoms with E-state index in [1.54, 1.807) is 33.7 Å². The van der Waals surface area contributed by atoms with Crippen LogP contribution in [0.15, 0.2) is 12.4 Å². The lowest BCUT2D eigenvalue weighted by Gasteiger charge is -2.24. The molecule has 28 heavy (non-hydrogen) atoms. The molecule has 0 aliphatic rings. The topological polar surface area (TPSA) is 174 Å². The zero-order chi connectivity index (χ0) is 22.0. The highest BCUT2D eigenvalue weighted by molar-refractivity contribution is 7.86. The molecule has 1 rings (SSSR count). The van der Waals surface area contributed by atoms with Crippen molar-refractivity contribution in [2.45, 2.75) is 44.0 Å². The van der Waals surface area contributed by atoms with E-state index in [0.29, 0.717) is 25.4 Å². The summed E-state index contributed by atoms with van der Waals surface area (Å²) in [5, 5.41) is -0.798. The van der Waals surface area contributed by atoms with Crippen LogP contribution in [0.2, 0.25) is 6.04 Å². The van der Waals surface area contributed by atoms with Crippen molar-refractivity contribution in [1.29, 1.82) is 0 Å². The van der Waals surface area contributed by atoms with Gasteiger partial charge < -0.3 is 17.8 Å². The molecule has 0 saturated heterocycles. The maximum atomic E-state index is 11.1. The molecule has 0 aliphatic carbocycles. The van der Waals surface area contributed by atoms with E-state index >= 15 is 0 Å². The summed E-state index contributed by atoms with van der Waals surface area (Å²) in [7, 11) is -6.50. The predicted molar refractivity (Wildman–Crippen MR) is 102 cm³/mol. The van der Waals surface area contributed by atoms with E-state index in [1.807, 2.05) is 4.57 Å². The second kappa shape index (κ2) is 11.9. The number of aryl methyl sites for hydroxylation is 2. The van der Waals surface area contributed by atoms with E-state index < -0.39 is 34.6 Å². The van der Waals surface area contributed by atoms with Gasteiger partial charge in [0.15, 0.2) is 0 Å². The molecule has 166 valence electrons. The Labute approximate surface area is 166 Å². The molecule has 0 aromatic carbocycles. The van der Waals surface area contributed by atoms with Crippen LogP contribution in [0.3, 0.4) is 0 Å². The fraction of sp³-hybridized carbons (Fsp3) is 0.769. The summed E-state index contributed by atoms with van der Waals surface area (Å²) >= 11 is 0. The highest BCUT2D eigenvalue weighted by Crippen LogP contribution is 2.17. The van der Waals surface area contributed by atoms with Crippen LogP contribution in [0, 0.1) is 0 Å². The molecule has 1 aromatic heterocycles. The van der Waals surface area contributed by atoms with E-state index in [2.05, 4.69) is 4.98 Å². The van der Waals surface area contributed by atoms with Gasteiger partial charge in [-0.2, -0.15) is 16.8 Å². The molecule has 1 atom stereocenters. The minimum atomic E-state index is -4.67. The van der Waals surface area contributed by atoms with Crippen LogP contribution >= 0.6 is 0 Å². The third-order valence-corrected chi connectivity index (χ3v) is 7.99. The van der Waals surface area contributed by atoms with E-state index in [9.17, 15) is 8.42 Å². The fourth-order valence-corrected chi connectivity index (χ4v) is 4.39. The van der Waals surface area contributed by atoms with Crippen molar-refractivity contribution in [1.82, 2.24) is 9.55 Å². The molecule has 0 radical (unpaired) electrons. The first-order valence-corrected chi connectivity index (χ1v) is 12.9. The largest absolute Gasteiger partial charge is 0.500 e. The van der Waals surface area contributed by atoms with Gasteiger partial charge in [-0.15, -0.1) is 0 Å². The molecule has 15 heteroatoms. The Bertz CT molecular complexity index is 761. The summed E-state index contributed by atoms with van der Waals surface area (Å²) < 4.78 is 80.7. The van der Waals surface area contributed by atoms with E-state index in [4.69, 9.17) is 35.4 Å². The average molecular weight is 465 g/mol. The first-order valence-electron chi connectivity index (χ1n) is 8.09. The Balaban J connectivity index is 0.00000129. The van der Waals surface area contributed by atoms with Gasteiger partial charge in [-0.05, 0) is 19.8 Å². The third-order valence-electron chi connectivity index (χ3n) is 3.90. The second-order valence-electron chi connectivity index (χ2n) is 5.75. The van der Waals surface area contributed by atoms with Crippen LogP contribution in [0.25, 0.3) is 0 Å². The number of nitrogens with zero attached hydrogens (tertiary/aromatic N) is 2. The number of hydrogen-bond acceptors (Lipinski definition) is 8. The van der Waals surface area contributed by atoms with Gasteiger partial charge in [-0.3, -0.25) is 13.7 Å². The van der Waals surface area contributed by atoms with Crippen LogP contribution in [-0.4, -0.2) is 75.4 Å². The third kappa shape index (κ3) is 11.2. The van der Waals surface area contributed by atoms with Gasteiger partial charge in [0.1, 0.15) is 5.82 Å². The zero-order valence-electron chi connectivity index (χ0n) is 16.2. The van der Waals surface area contributed by atoms with Crippen molar-refractivity contribution >= 4 is 29.3 Å². The van der Waals surface area contributed by atoms with Crippen molar-refractivity contribution < 1.29 is 43.8 Å². The van der Waals surface area contributed by atoms with Crippen LogP contribution in [0.1, 0.15) is 25.6 Å². The van der Waals surface area contributed by atoms with Gasteiger partial charge in [-0.25, -0.2) is 4.98 Å². The summed E-state index contributed by atoms with van der Waals surface area (Å²) in [5.41, 5.74) is 0. The molecule has 0 amide bonds. The quantitative estimate of drug-likeness (QED) is 0.310. The maximum absolute atomic E-state index is 11.1. The first-order chi connectivity index (χ1) is 12.8. The smallest absolute Gasteiger partial charge is 0.377 e. The van der Waals surface area contributed by atoms with E-state index in [1.165, 1.54) is 6.92 Å². The molecule has 0 aliphatic heterocycles. The van der Waals surface area contributed by atoms with Crippen LogP contribution in [0.4, 0.5) is 0 Å². The lowest BCUT2D eigenvalue weighted by Crippen LogP contribution is -2.42. The summed E-state index contributed by atoms with van der Waals surface area (Å²) in [6.07, 6.45) is 5.31. The minimum Gasteiger partial charge on any atom is -0.377 e. The summed E-state index contributed by atoms with van der Waals surface area (Å²) in [6.45, 7) is 1.97. The zero-order valence-corrected chi connectivity index (χ0v) is 18.8. The highest BCUT2D eigenvalue weighted by Gasteiger charge is 2.36. The Morgan fingerprint density at radius 2 is 1.61 bits per heavy atom. The standard InChI is InChI=1S/C13H26N2O6SSi.H2O4S/c1-12(22(16,17)18)7-9-15-10-8-14-13(15)6-5-11-23(19-2,20-3)21-4;1-5(2,3)4/h8,10,12H,5-7,9,11H2,1-4H3,(H,16,17,18);(H2,1,2,3,4). The summed E-state index contributed by atoms with van der Waals surface area (Å²) in [6, 6.07) is 0.671. The lowest BCUT2D eigenvalue weighted by molar-refractivity contribution is 0.123. The van der Waals surface area contributed by atoms with E-state index in [-0.39, 0.29) is 0 Å². The van der Waals surface area contributed by atoms with Crippen molar-refractivity contribution in [2.24, 2.45) is 0 Å². The highest BCUT2D eigenvalue weighted by atomic mass is 32.3. The number of hydrogen-bond donors (Lipinski definition) is 3. The SMILES string of the molecule is CO[Si](CCCc1nccn1CCC(C)S(=O)(=O)O)(OC)OC.O=S(=O)(O)O. The molecule has 3 N–H and O–H groups in total. The Kier molecular flexibility index (Phi) is 11.5. The van der Waals surface area contributed by atoms with Gasteiger partial charge in [0.2, 0.25) is 0 Å². The number of imidazole rings is 1. The molecular formula is C13H28N2O10S2Si. The van der Waals surface area contributed by atoms with Crippen LogP contribution in [-0.2, 0) is 46.8 Å². The molecule has 1 heterocycles. The van der Waals surface area contributed by atoms with Crippen molar-refractivity contribution in [3.63, 3.8) is 0 Å². The van der Waals surface area contributed by atoms with Gasteiger partial charge >= 0.3 is 19.2 Å². The first kappa shape index (κ1) is 27.1. The molecule has 1 aromatic rings. The minimum absolute atomic E-state index is 0.328. The lowest BCUT2D eigenvalue weighted by atomic mass is 10.3. The van der Waals surface area contributed by atoms with Gasteiger partial charge in [-0.1, -0.05) is 0 Å². The van der Waals surface area contributed by atoms with Crippen molar-refractivity contribution in [3.05, 3.63) is 18.2 Å². The average Bonchev–Trinajstić information content (AvgIpc) is 3.02. The van der Waals surface area contributed by atoms with Gasteiger partial charge in [0.25, 0.3) is 10.1 Å². The van der Waals surface area contributed by atoms with Crippen LogP contribution < -0.4 is 0 Å². The van der Waals surface area contributed by atoms with Crippen molar-refractivity contribution in [3.8, 4) is 0 Å². The van der Waals surface area contributed by atoms with Gasteiger partial charge in [0.05, 0.1) is 5.25 Å². The summed E-state index contributed by atoms with van der Waals surface area (Å²) in [4.78, 5) is 4.30. The monoisotopic (exact) mass is 464 g/mol. The Hall–Kier alpha value is -0.913. The normalized spacial score (nSPS) is 13.7.